The van der Waals surface area contributed by atoms with Crippen LogP contribution in [0, 0.1) is 0 Å². The third-order valence-corrected chi connectivity index (χ3v) is 8.05. The molecule has 0 aliphatic carbocycles. The van der Waals surface area contributed by atoms with Gasteiger partial charge in [-0.05, 0) is 71.4 Å². The molecule has 0 aromatic heterocycles. The highest BCUT2D eigenvalue weighted by atomic mass is 16.4. The number of carbonyl (C=O) groups is 9. The molecule has 1 rings (SSSR count). The minimum atomic E-state index is -1.42. The molecule has 0 spiro atoms. The van der Waals surface area contributed by atoms with Gasteiger partial charge in [0.05, 0.1) is 25.7 Å². The Morgan fingerprint density at radius 1 is 0.712 bits per heavy atom. The molecule has 1 aliphatic rings. The number of rotatable bonds is 25. The van der Waals surface area contributed by atoms with Crippen molar-refractivity contribution in [3.05, 3.63) is 0 Å². The first kappa shape index (κ1) is 45.1. The summed E-state index contributed by atoms with van der Waals surface area (Å²) in [4.78, 5) is 112. The summed E-state index contributed by atoms with van der Waals surface area (Å²) in [6.45, 7) is 0.637. The maximum atomic E-state index is 13.0. The van der Waals surface area contributed by atoms with Crippen molar-refractivity contribution in [1.29, 1.82) is 0 Å². The molecule has 0 aromatic carbocycles. The van der Waals surface area contributed by atoms with Crippen LogP contribution in [0.1, 0.15) is 71.1 Å². The number of nitrogens with two attached hydrogens (primary N) is 3. The molecular weight excluding hydrogens is 688 g/mol. The largest absolute Gasteiger partial charge is 0.481 e. The smallest absolute Gasteiger partial charge is 0.326 e. The SMILES string of the molecule is C[C@H](NC(=O)[C@@H]1CCCN1C(=O)[C@@H](N)CCCCN)C(=O)NCC(=O)N[C@@H](CCC(=O)O)C(=O)NCC(=O)NCC(=O)N[C@@H](CCCCN)C(=O)O. The lowest BCUT2D eigenvalue weighted by Crippen LogP contribution is -2.55. The topological polar surface area (TPSA) is 348 Å². The van der Waals surface area contributed by atoms with Gasteiger partial charge in [-0.3, -0.25) is 38.4 Å². The van der Waals surface area contributed by atoms with Gasteiger partial charge in [0.25, 0.3) is 0 Å². The van der Waals surface area contributed by atoms with Crippen LogP contribution in [0.2, 0.25) is 0 Å². The predicted molar refractivity (Wildman–Crippen MR) is 184 cm³/mol. The van der Waals surface area contributed by atoms with Gasteiger partial charge in [0.2, 0.25) is 41.4 Å². The van der Waals surface area contributed by atoms with Gasteiger partial charge in [-0.25, -0.2) is 4.79 Å². The van der Waals surface area contributed by atoms with E-state index in [0.29, 0.717) is 64.6 Å². The number of carboxylic acids is 2. The number of likely N-dealkylation sites (tertiary alicyclic amines) is 1. The van der Waals surface area contributed by atoms with Crippen molar-refractivity contribution < 1.29 is 53.4 Å². The Balaban J connectivity index is 2.61. The minimum Gasteiger partial charge on any atom is -0.481 e. The summed E-state index contributed by atoms with van der Waals surface area (Å²) in [6.07, 6.45) is 3.02. The van der Waals surface area contributed by atoms with Crippen molar-refractivity contribution in [3.63, 3.8) is 0 Å². The van der Waals surface area contributed by atoms with Crippen LogP contribution in [0.25, 0.3) is 0 Å². The van der Waals surface area contributed by atoms with Crippen LogP contribution in [0.5, 0.6) is 0 Å². The highest BCUT2D eigenvalue weighted by Gasteiger charge is 2.37. The molecule has 7 amide bonds. The van der Waals surface area contributed by atoms with Gasteiger partial charge in [-0.1, -0.05) is 6.42 Å². The van der Waals surface area contributed by atoms with E-state index in [4.69, 9.17) is 22.3 Å². The molecule has 14 N–H and O–H groups in total. The van der Waals surface area contributed by atoms with Crippen molar-refractivity contribution in [2.75, 3.05) is 39.3 Å². The number of unbranched alkanes of at least 4 members (excludes halogenated alkanes) is 2. The quantitative estimate of drug-likeness (QED) is 0.0392. The fourth-order valence-electron chi connectivity index (χ4n) is 5.15. The van der Waals surface area contributed by atoms with Gasteiger partial charge in [-0.2, -0.15) is 0 Å². The summed E-state index contributed by atoms with van der Waals surface area (Å²) in [5.41, 5.74) is 16.9. The Labute approximate surface area is 301 Å². The van der Waals surface area contributed by atoms with Crippen molar-refractivity contribution in [2.45, 2.75) is 101 Å². The number of nitrogens with one attached hydrogen (secondary N) is 6. The molecule has 5 atom stereocenters. The molecule has 21 nitrogen and oxygen atoms in total. The van der Waals surface area contributed by atoms with Gasteiger partial charge < -0.3 is 64.2 Å². The van der Waals surface area contributed by atoms with Crippen molar-refractivity contribution in [2.24, 2.45) is 17.2 Å². The third kappa shape index (κ3) is 17.4. The normalized spacial score (nSPS) is 16.0. The fourth-order valence-corrected chi connectivity index (χ4v) is 5.15. The molecule has 0 bridgehead atoms. The van der Waals surface area contributed by atoms with Gasteiger partial charge >= 0.3 is 11.9 Å². The standard InChI is InChI=1S/C31H54N10O11/c1-18(38-29(49)22-9-6-14-41(22)30(50)19(34)7-2-4-12-32)27(47)36-17-25(44)39-20(10-11-26(45)46)28(48)37-15-23(42)35-16-24(43)40-21(31(51)52)8-3-5-13-33/h18-22H,2-17,32-34H2,1H3,(H,35,42)(H,36,47)(H,37,48)(H,38,49)(H,39,44)(H,40,43)(H,45,46)(H,51,52)/t18-,19-,20-,21-,22-/m0/s1. The zero-order valence-corrected chi connectivity index (χ0v) is 29.4. The van der Waals surface area contributed by atoms with E-state index in [1.807, 2.05) is 0 Å². The number of hydrogen-bond acceptors (Lipinski definition) is 12. The predicted octanol–water partition coefficient (Wildman–Crippen LogP) is -4.67. The second-order valence-corrected chi connectivity index (χ2v) is 12.3. The van der Waals surface area contributed by atoms with Crippen LogP contribution in [-0.2, 0) is 43.2 Å². The number of nitrogens with zero attached hydrogens (tertiary/aromatic N) is 1. The van der Waals surface area contributed by atoms with Crippen LogP contribution in [0.3, 0.4) is 0 Å². The minimum absolute atomic E-state index is 0.139. The van der Waals surface area contributed by atoms with Crippen LogP contribution in [-0.4, -0.2) is 138 Å². The zero-order valence-electron chi connectivity index (χ0n) is 29.4. The summed E-state index contributed by atoms with van der Waals surface area (Å²) < 4.78 is 0. The molecule has 1 heterocycles. The average molecular weight is 743 g/mol. The van der Waals surface area contributed by atoms with Crippen LogP contribution in [0.15, 0.2) is 0 Å². The molecule has 0 unspecified atom stereocenters. The maximum absolute atomic E-state index is 13.0. The second kappa shape index (κ2) is 24.3. The Bertz CT molecular complexity index is 1270. The van der Waals surface area contributed by atoms with E-state index >= 15 is 0 Å². The molecule has 52 heavy (non-hydrogen) atoms. The summed E-state index contributed by atoms with van der Waals surface area (Å²) in [5.74, 6) is -7.64. The Morgan fingerprint density at radius 3 is 1.87 bits per heavy atom. The number of carboxylic acid groups (broad SMARTS) is 2. The zero-order chi connectivity index (χ0) is 39.2. The molecule has 0 radical (unpaired) electrons. The fraction of sp³-hybridized carbons (Fsp3) is 0.710. The molecule has 294 valence electrons. The Morgan fingerprint density at radius 2 is 1.27 bits per heavy atom. The summed E-state index contributed by atoms with van der Waals surface area (Å²) in [6, 6.07) is -5.32. The molecule has 0 aromatic rings. The maximum Gasteiger partial charge on any atom is 0.326 e. The van der Waals surface area contributed by atoms with E-state index in [1.54, 1.807) is 0 Å². The molecule has 21 heteroatoms. The van der Waals surface area contributed by atoms with E-state index in [9.17, 15) is 48.3 Å². The molecule has 1 fully saturated rings. The molecular formula is C31H54N10O11. The molecule has 1 saturated heterocycles. The molecule has 0 saturated carbocycles. The lowest BCUT2D eigenvalue weighted by molar-refractivity contribution is -0.142. The van der Waals surface area contributed by atoms with E-state index < -0.39 is 104 Å². The first-order valence-electron chi connectivity index (χ1n) is 17.2. The van der Waals surface area contributed by atoms with Gasteiger partial charge in [-0.15, -0.1) is 0 Å². The average Bonchev–Trinajstić information content (AvgIpc) is 3.60. The summed E-state index contributed by atoms with van der Waals surface area (Å²) in [5, 5.41) is 32.1. The van der Waals surface area contributed by atoms with E-state index in [-0.39, 0.29) is 18.7 Å². The van der Waals surface area contributed by atoms with Crippen molar-refractivity contribution in [3.8, 4) is 0 Å². The lowest BCUT2D eigenvalue weighted by Gasteiger charge is -2.27. The van der Waals surface area contributed by atoms with Gasteiger partial charge in [0.1, 0.15) is 24.2 Å². The van der Waals surface area contributed by atoms with Crippen molar-refractivity contribution in [1.82, 2.24) is 36.8 Å². The number of aliphatic carboxylic acids is 2. The summed E-state index contributed by atoms with van der Waals surface area (Å²) in [7, 11) is 0. The number of amides is 7. The number of carbonyl (C=O) groups excluding carboxylic acids is 7. The highest BCUT2D eigenvalue weighted by Crippen LogP contribution is 2.19. The van der Waals surface area contributed by atoms with E-state index in [0.717, 1.165) is 0 Å². The third-order valence-electron chi connectivity index (χ3n) is 8.05. The van der Waals surface area contributed by atoms with Crippen LogP contribution < -0.4 is 49.1 Å². The first-order chi connectivity index (χ1) is 24.6. The molecule has 1 aliphatic heterocycles. The van der Waals surface area contributed by atoms with Gasteiger partial charge in [0, 0.05) is 13.0 Å². The Hall–Kier alpha value is -4.89. The Kier molecular flexibility index (Phi) is 21.1. The van der Waals surface area contributed by atoms with Crippen LogP contribution >= 0.6 is 0 Å². The second-order valence-electron chi connectivity index (χ2n) is 12.3. The lowest BCUT2D eigenvalue weighted by atomic mass is 10.1. The van der Waals surface area contributed by atoms with Crippen LogP contribution in [0.4, 0.5) is 0 Å². The van der Waals surface area contributed by atoms with Gasteiger partial charge in [0.15, 0.2) is 0 Å². The highest BCUT2D eigenvalue weighted by molar-refractivity contribution is 5.95. The summed E-state index contributed by atoms with van der Waals surface area (Å²) >= 11 is 0. The number of hydrogen-bond donors (Lipinski definition) is 11. The van der Waals surface area contributed by atoms with E-state index in [1.165, 1.54) is 11.8 Å². The van der Waals surface area contributed by atoms with E-state index in [2.05, 4.69) is 31.9 Å². The monoisotopic (exact) mass is 742 g/mol. The first-order valence-corrected chi connectivity index (χ1v) is 17.2. The van der Waals surface area contributed by atoms with Crippen molar-refractivity contribution >= 4 is 53.3 Å².